The SMILES string of the molecule is CNc1cc(C2CC2)nc(N[C@H](CO)C(C)C)n1. The summed E-state index contributed by atoms with van der Waals surface area (Å²) in [5.74, 6) is 2.36. The van der Waals surface area contributed by atoms with Gasteiger partial charge in [0.1, 0.15) is 5.82 Å². The van der Waals surface area contributed by atoms with Crippen molar-refractivity contribution in [2.75, 3.05) is 24.3 Å². The van der Waals surface area contributed by atoms with Crippen LogP contribution in [0.1, 0.15) is 38.3 Å². The standard InChI is InChI=1S/C13H22N4O/c1-8(2)11(7-18)16-13-15-10(9-4-5-9)6-12(14-3)17-13/h6,8-9,11,18H,4-5,7H2,1-3H3,(H2,14,15,16,17)/t11-/m1/s1. The number of aromatic nitrogens is 2. The normalized spacial score (nSPS) is 16.7. The van der Waals surface area contributed by atoms with E-state index in [1.54, 1.807) is 0 Å². The number of hydrogen-bond donors (Lipinski definition) is 3. The van der Waals surface area contributed by atoms with Gasteiger partial charge in [0.05, 0.1) is 18.3 Å². The van der Waals surface area contributed by atoms with Crippen LogP contribution >= 0.6 is 0 Å². The van der Waals surface area contributed by atoms with Crippen LogP contribution in [-0.2, 0) is 0 Å². The minimum Gasteiger partial charge on any atom is -0.394 e. The third-order valence-corrected chi connectivity index (χ3v) is 3.31. The molecule has 1 heterocycles. The molecule has 1 atom stereocenters. The van der Waals surface area contributed by atoms with E-state index in [1.165, 1.54) is 12.8 Å². The average molecular weight is 250 g/mol. The van der Waals surface area contributed by atoms with Gasteiger partial charge >= 0.3 is 0 Å². The van der Waals surface area contributed by atoms with Crippen LogP contribution in [0, 0.1) is 5.92 Å². The van der Waals surface area contributed by atoms with Gasteiger partial charge in [-0.1, -0.05) is 13.8 Å². The number of anilines is 2. The molecule has 1 aliphatic carbocycles. The summed E-state index contributed by atoms with van der Waals surface area (Å²) in [6.45, 7) is 4.22. The van der Waals surface area contributed by atoms with E-state index in [0.717, 1.165) is 11.5 Å². The van der Waals surface area contributed by atoms with Crippen LogP contribution < -0.4 is 10.6 Å². The van der Waals surface area contributed by atoms with Crippen molar-refractivity contribution < 1.29 is 5.11 Å². The van der Waals surface area contributed by atoms with Crippen LogP contribution in [0.3, 0.4) is 0 Å². The number of aliphatic hydroxyl groups is 1. The van der Waals surface area contributed by atoms with Gasteiger partial charge in [-0.3, -0.25) is 0 Å². The van der Waals surface area contributed by atoms with Gasteiger partial charge in [-0.05, 0) is 18.8 Å². The first-order valence-electron chi connectivity index (χ1n) is 6.58. The Balaban J connectivity index is 2.17. The third kappa shape index (κ3) is 3.10. The van der Waals surface area contributed by atoms with Crippen molar-refractivity contribution in [3.05, 3.63) is 11.8 Å². The molecule has 0 aromatic carbocycles. The lowest BCUT2D eigenvalue weighted by Crippen LogP contribution is -2.30. The van der Waals surface area contributed by atoms with Gasteiger partial charge in [0.15, 0.2) is 0 Å². The maximum atomic E-state index is 9.34. The van der Waals surface area contributed by atoms with E-state index >= 15 is 0 Å². The van der Waals surface area contributed by atoms with Crippen LogP contribution in [0.4, 0.5) is 11.8 Å². The molecule has 5 nitrogen and oxygen atoms in total. The Kier molecular flexibility index (Phi) is 4.01. The van der Waals surface area contributed by atoms with E-state index in [4.69, 9.17) is 0 Å². The molecule has 100 valence electrons. The molecule has 3 N–H and O–H groups in total. The highest BCUT2D eigenvalue weighted by molar-refractivity contribution is 5.44. The van der Waals surface area contributed by atoms with Crippen LogP contribution in [0.25, 0.3) is 0 Å². The molecule has 0 radical (unpaired) electrons. The van der Waals surface area contributed by atoms with Gasteiger partial charge in [0.25, 0.3) is 0 Å². The van der Waals surface area contributed by atoms with Crippen molar-refractivity contribution in [3.63, 3.8) is 0 Å². The molecular weight excluding hydrogens is 228 g/mol. The van der Waals surface area contributed by atoms with Crippen molar-refractivity contribution in [1.82, 2.24) is 9.97 Å². The summed E-state index contributed by atoms with van der Waals surface area (Å²) in [5.41, 5.74) is 1.09. The Bertz CT molecular complexity index is 404. The Morgan fingerprint density at radius 3 is 2.61 bits per heavy atom. The highest BCUT2D eigenvalue weighted by Crippen LogP contribution is 2.39. The fraction of sp³-hybridized carbons (Fsp3) is 0.692. The van der Waals surface area contributed by atoms with E-state index in [2.05, 4.69) is 34.4 Å². The zero-order valence-corrected chi connectivity index (χ0v) is 11.3. The van der Waals surface area contributed by atoms with Gasteiger partial charge < -0.3 is 15.7 Å². The summed E-state index contributed by atoms with van der Waals surface area (Å²) in [7, 11) is 1.86. The van der Waals surface area contributed by atoms with Crippen LogP contribution in [0.15, 0.2) is 6.07 Å². The van der Waals surface area contributed by atoms with E-state index in [-0.39, 0.29) is 12.6 Å². The predicted molar refractivity (Wildman–Crippen MR) is 72.9 cm³/mol. The largest absolute Gasteiger partial charge is 0.394 e. The van der Waals surface area contributed by atoms with Crippen LogP contribution in [0.2, 0.25) is 0 Å². The topological polar surface area (TPSA) is 70.1 Å². The molecule has 0 amide bonds. The Labute approximate surface area is 108 Å². The van der Waals surface area contributed by atoms with Crippen molar-refractivity contribution in [3.8, 4) is 0 Å². The lowest BCUT2D eigenvalue weighted by Gasteiger charge is -2.20. The molecule has 5 heteroatoms. The minimum absolute atomic E-state index is 0.0100. The summed E-state index contributed by atoms with van der Waals surface area (Å²) in [6, 6.07) is 2.00. The highest BCUT2D eigenvalue weighted by atomic mass is 16.3. The Morgan fingerprint density at radius 2 is 2.11 bits per heavy atom. The average Bonchev–Trinajstić information content (AvgIpc) is 3.19. The predicted octanol–water partition coefficient (Wildman–Crippen LogP) is 1.82. The second-order valence-corrected chi connectivity index (χ2v) is 5.20. The zero-order valence-electron chi connectivity index (χ0n) is 11.3. The van der Waals surface area contributed by atoms with Gasteiger partial charge in [-0.25, -0.2) is 4.98 Å². The van der Waals surface area contributed by atoms with E-state index in [0.29, 0.717) is 17.8 Å². The molecule has 0 bridgehead atoms. The smallest absolute Gasteiger partial charge is 0.225 e. The molecule has 1 fully saturated rings. The second-order valence-electron chi connectivity index (χ2n) is 5.20. The molecule has 0 aliphatic heterocycles. The van der Waals surface area contributed by atoms with Crippen molar-refractivity contribution in [2.24, 2.45) is 5.92 Å². The fourth-order valence-electron chi connectivity index (χ4n) is 1.84. The summed E-state index contributed by atoms with van der Waals surface area (Å²) in [5, 5.41) is 15.6. The number of aliphatic hydroxyl groups excluding tert-OH is 1. The monoisotopic (exact) mass is 250 g/mol. The molecule has 1 aromatic heterocycles. The quantitative estimate of drug-likeness (QED) is 0.718. The van der Waals surface area contributed by atoms with Crippen molar-refractivity contribution >= 4 is 11.8 Å². The van der Waals surface area contributed by atoms with Gasteiger partial charge in [0, 0.05) is 19.0 Å². The minimum atomic E-state index is -0.0100. The Morgan fingerprint density at radius 1 is 1.39 bits per heavy atom. The molecule has 2 rings (SSSR count). The molecule has 1 aliphatic rings. The number of hydrogen-bond acceptors (Lipinski definition) is 5. The van der Waals surface area contributed by atoms with Crippen molar-refractivity contribution in [2.45, 2.75) is 38.6 Å². The number of nitrogens with zero attached hydrogens (tertiary/aromatic N) is 2. The maximum Gasteiger partial charge on any atom is 0.225 e. The molecule has 0 spiro atoms. The van der Waals surface area contributed by atoms with Crippen LogP contribution in [0.5, 0.6) is 0 Å². The molecular formula is C13H22N4O. The van der Waals surface area contributed by atoms with E-state index < -0.39 is 0 Å². The first-order valence-corrected chi connectivity index (χ1v) is 6.58. The summed E-state index contributed by atoms with van der Waals surface area (Å²) >= 11 is 0. The lowest BCUT2D eigenvalue weighted by molar-refractivity contribution is 0.248. The first-order chi connectivity index (χ1) is 8.63. The van der Waals surface area contributed by atoms with Gasteiger partial charge in [-0.15, -0.1) is 0 Å². The van der Waals surface area contributed by atoms with Gasteiger partial charge in [0.2, 0.25) is 5.95 Å². The second kappa shape index (κ2) is 5.52. The molecule has 0 unspecified atom stereocenters. The molecule has 18 heavy (non-hydrogen) atoms. The zero-order chi connectivity index (χ0) is 13.1. The number of nitrogens with one attached hydrogen (secondary N) is 2. The molecule has 1 aromatic rings. The summed E-state index contributed by atoms with van der Waals surface area (Å²) < 4.78 is 0. The highest BCUT2D eigenvalue weighted by Gasteiger charge is 2.26. The Hall–Kier alpha value is -1.36. The molecule has 0 saturated heterocycles. The number of rotatable bonds is 6. The van der Waals surface area contributed by atoms with Crippen molar-refractivity contribution in [1.29, 1.82) is 0 Å². The summed E-state index contributed by atoms with van der Waals surface area (Å²) in [6.07, 6.45) is 2.43. The molecule has 1 saturated carbocycles. The van der Waals surface area contributed by atoms with Gasteiger partial charge in [-0.2, -0.15) is 4.98 Å². The van der Waals surface area contributed by atoms with E-state index in [1.807, 2.05) is 13.1 Å². The first kappa shape index (κ1) is 13.1. The fourth-order valence-corrected chi connectivity index (χ4v) is 1.84. The maximum absolute atomic E-state index is 9.34. The van der Waals surface area contributed by atoms with E-state index in [9.17, 15) is 5.11 Å². The summed E-state index contributed by atoms with van der Waals surface area (Å²) in [4.78, 5) is 8.93. The third-order valence-electron chi connectivity index (χ3n) is 3.31. The lowest BCUT2D eigenvalue weighted by atomic mass is 10.1. The van der Waals surface area contributed by atoms with Crippen LogP contribution in [-0.4, -0.2) is 34.8 Å².